The molecule has 0 saturated heterocycles. The third-order valence-corrected chi connectivity index (χ3v) is 4.06. The maximum absolute atomic E-state index is 5.86. The SMILES string of the molecule is C[C@@H](N)c1ccc(SCc2ccc(Cl)cc2)cc1. The van der Waals surface area contributed by atoms with Crippen LogP contribution in [-0.2, 0) is 5.75 Å². The molecule has 0 spiro atoms. The first-order chi connectivity index (χ1) is 8.65. The van der Waals surface area contributed by atoms with Gasteiger partial charge in [-0.05, 0) is 42.3 Å². The molecular formula is C15H16ClNS. The maximum atomic E-state index is 5.86. The van der Waals surface area contributed by atoms with E-state index >= 15 is 0 Å². The highest BCUT2D eigenvalue weighted by atomic mass is 35.5. The summed E-state index contributed by atoms with van der Waals surface area (Å²) in [6.07, 6.45) is 0. The fraction of sp³-hybridized carbons (Fsp3) is 0.200. The zero-order valence-corrected chi connectivity index (χ0v) is 11.8. The predicted molar refractivity (Wildman–Crippen MR) is 80.1 cm³/mol. The second kappa shape index (κ2) is 6.28. The van der Waals surface area contributed by atoms with E-state index in [4.69, 9.17) is 17.3 Å². The topological polar surface area (TPSA) is 26.0 Å². The van der Waals surface area contributed by atoms with Crippen LogP contribution in [0.1, 0.15) is 24.1 Å². The van der Waals surface area contributed by atoms with E-state index in [9.17, 15) is 0 Å². The van der Waals surface area contributed by atoms with Crippen molar-refractivity contribution in [3.63, 3.8) is 0 Å². The largest absolute Gasteiger partial charge is 0.324 e. The van der Waals surface area contributed by atoms with Crippen LogP contribution in [0, 0.1) is 0 Å². The minimum atomic E-state index is 0.0975. The summed E-state index contributed by atoms with van der Waals surface area (Å²) in [7, 11) is 0. The van der Waals surface area contributed by atoms with Gasteiger partial charge in [-0.2, -0.15) is 0 Å². The number of rotatable bonds is 4. The second-order valence-corrected chi connectivity index (χ2v) is 5.76. The molecule has 0 heterocycles. The molecule has 94 valence electrons. The maximum Gasteiger partial charge on any atom is 0.0406 e. The summed E-state index contributed by atoms with van der Waals surface area (Å²) in [5, 5.41) is 0.782. The summed E-state index contributed by atoms with van der Waals surface area (Å²) in [5.74, 6) is 0.953. The number of benzene rings is 2. The monoisotopic (exact) mass is 277 g/mol. The lowest BCUT2D eigenvalue weighted by Crippen LogP contribution is -2.04. The van der Waals surface area contributed by atoms with Crippen LogP contribution in [-0.4, -0.2) is 0 Å². The first-order valence-electron chi connectivity index (χ1n) is 5.88. The Balaban J connectivity index is 1.95. The van der Waals surface area contributed by atoms with Gasteiger partial charge in [-0.15, -0.1) is 11.8 Å². The van der Waals surface area contributed by atoms with Gasteiger partial charge in [0.05, 0.1) is 0 Å². The first-order valence-corrected chi connectivity index (χ1v) is 7.24. The van der Waals surface area contributed by atoms with Gasteiger partial charge in [0.15, 0.2) is 0 Å². The third-order valence-electron chi connectivity index (χ3n) is 2.72. The van der Waals surface area contributed by atoms with Crippen LogP contribution < -0.4 is 5.73 Å². The van der Waals surface area contributed by atoms with Gasteiger partial charge in [-0.25, -0.2) is 0 Å². The van der Waals surface area contributed by atoms with E-state index in [1.165, 1.54) is 16.0 Å². The predicted octanol–water partition coefficient (Wildman–Crippen LogP) is 4.65. The van der Waals surface area contributed by atoms with E-state index in [-0.39, 0.29) is 6.04 Å². The van der Waals surface area contributed by atoms with E-state index in [1.54, 1.807) is 0 Å². The van der Waals surface area contributed by atoms with Gasteiger partial charge in [0.25, 0.3) is 0 Å². The molecule has 1 nitrogen and oxygen atoms in total. The van der Waals surface area contributed by atoms with E-state index < -0.39 is 0 Å². The van der Waals surface area contributed by atoms with Gasteiger partial charge in [0.2, 0.25) is 0 Å². The van der Waals surface area contributed by atoms with Crippen molar-refractivity contribution < 1.29 is 0 Å². The van der Waals surface area contributed by atoms with E-state index in [0.717, 1.165) is 10.8 Å². The number of hydrogen-bond donors (Lipinski definition) is 1. The Kier molecular flexibility index (Phi) is 4.70. The highest BCUT2D eigenvalue weighted by Crippen LogP contribution is 2.24. The summed E-state index contributed by atoms with van der Waals surface area (Å²) >= 11 is 7.67. The van der Waals surface area contributed by atoms with Crippen LogP contribution in [0.15, 0.2) is 53.4 Å². The first kappa shape index (κ1) is 13.5. The molecule has 2 aromatic carbocycles. The van der Waals surface area contributed by atoms with Crippen molar-refractivity contribution in [2.24, 2.45) is 5.73 Å². The molecule has 0 bridgehead atoms. The molecule has 0 radical (unpaired) electrons. The third kappa shape index (κ3) is 3.77. The van der Waals surface area contributed by atoms with Crippen molar-refractivity contribution in [3.8, 4) is 0 Å². The molecule has 0 unspecified atom stereocenters. The second-order valence-electron chi connectivity index (χ2n) is 4.27. The molecule has 2 rings (SSSR count). The minimum Gasteiger partial charge on any atom is -0.324 e. The average Bonchev–Trinajstić information content (AvgIpc) is 2.38. The summed E-state index contributed by atoms with van der Waals surface area (Å²) in [4.78, 5) is 1.26. The van der Waals surface area contributed by atoms with Crippen molar-refractivity contribution in [3.05, 3.63) is 64.7 Å². The van der Waals surface area contributed by atoms with E-state index in [2.05, 4.69) is 36.4 Å². The van der Waals surface area contributed by atoms with Crippen molar-refractivity contribution in [2.75, 3.05) is 0 Å². The minimum absolute atomic E-state index is 0.0975. The van der Waals surface area contributed by atoms with Crippen LogP contribution in [0.4, 0.5) is 0 Å². The molecule has 0 fully saturated rings. The zero-order chi connectivity index (χ0) is 13.0. The normalized spacial score (nSPS) is 12.4. The van der Waals surface area contributed by atoms with Crippen molar-refractivity contribution in [2.45, 2.75) is 23.6 Å². The summed E-state index contributed by atoms with van der Waals surface area (Å²) in [6.45, 7) is 2.00. The fourth-order valence-corrected chi connectivity index (χ4v) is 2.60. The Labute approximate surface area is 117 Å². The number of hydrogen-bond acceptors (Lipinski definition) is 2. The van der Waals surface area contributed by atoms with Gasteiger partial charge >= 0.3 is 0 Å². The van der Waals surface area contributed by atoms with Gasteiger partial charge < -0.3 is 5.73 Å². The standard InChI is InChI=1S/C15H16ClNS/c1-11(17)13-4-8-15(9-5-13)18-10-12-2-6-14(16)7-3-12/h2-9,11H,10,17H2,1H3/t11-/m1/s1. The van der Waals surface area contributed by atoms with Crippen LogP contribution in [0.2, 0.25) is 5.02 Å². The van der Waals surface area contributed by atoms with Gasteiger partial charge in [-0.3, -0.25) is 0 Å². The van der Waals surface area contributed by atoms with E-state index in [0.29, 0.717) is 0 Å². The lowest BCUT2D eigenvalue weighted by atomic mass is 10.1. The molecule has 0 aliphatic carbocycles. The molecule has 0 saturated carbocycles. The number of nitrogens with two attached hydrogens (primary N) is 1. The van der Waals surface area contributed by atoms with Crippen LogP contribution >= 0.6 is 23.4 Å². The molecular weight excluding hydrogens is 262 g/mol. The molecule has 0 aliphatic heterocycles. The zero-order valence-electron chi connectivity index (χ0n) is 10.3. The van der Waals surface area contributed by atoms with Crippen LogP contribution in [0.25, 0.3) is 0 Å². The van der Waals surface area contributed by atoms with Crippen molar-refractivity contribution >= 4 is 23.4 Å². The van der Waals surface area contributed by atoms with Gasteiger partial charge in [0.1, 0.15) is 0 Å². The highest BCUT2D eigenvalue weighted by Gasteiger charge is 2.00. The van der Waals surface area contributed by atoms with Crippen LogP contribution in [0.5, 0.6) is 0 Å². The lowest BCUT2D eigenvalue weighted by molar-refractivity contribution is 0.817. The molecule has 0 aromatic heterocycles. The molecule has 2 N–H and O–H groups in total. The molecule has 0 amide bonds. The fourth-order valence-electron chi connectivity index (χ4n) is 1.61. The average molecular weight is 278 g/mol. The molecule has 18 heavy (non-hydrogen) atoms. The highest BCUT2D eigenvalue weighted by molar-refractivity contribution is 7.98. The Hall–Kier alpha value is -0.960. The Morgan fingerprint density at radius 3 is 2.22 bits per heavy atom. The molecule has 0 aliphatic rings. The van der Waals surface area contributed by atoms with Gasteiger partial charge in [-0.1, -0.05) is 35.9 Å². The Morgan fingerprint density at radius 1 is 1.06 bits per heavy atom. The molecule has 3 heteroatoms. The smallest absolute Gasteiger partial charge is 0.0406 e. The number of thioether (sulfide) groups is 1. The quantitative estimate of drug-likeness (QED) is 0.823. The molecule has 1 atom stereocenters. The Bertz CT molecular complexity index is 491. The van der Waals surface area contributed by atoms with E-state index in [1.807, 2.05) is 30.8 Å². The number of halogens is 1. The summed E-state index contributed by atoms with van der Waals surface area (Å²) in [6, 6.07) is 16.5. The van der Waals surface area contributed by atoms with Gasteiger partial charge in [0, 0.05) is 21.7 Å². The molecule has 2 aromatic rings. The lowest BCUT2D eigenvalue weighted by Gasteiger charge is -2.07. The van der Waals surface area contributed by atoms with Crippen molar-refractivity contribution in [1.82, 2.24) is 0 Å². The van der Waals surface area contributed by atoms with Crippen molar-refractivity contribution in [1.29, 1.82) is 0 Å². The summed E-state index contributed by atoms with van der Waals surface area (Å²) in [5.41, 5.74) is 8.27. The Morgan fingerprint density at radius 2 is 1.67 bits per heavy atom. The van der Waals surface area contributed by atoms with Crippen LogP contribution in [0.3, 0.4) is 0 Å². The summed E-state index contributed by atoms with van der Waals surface area (Å²) < 4.78 is 0.